The second-order valence-corrected chi connectivity index (χ2v) is 10.2. The van der Waals surface area contributed by atoms with Gasteiger partial charge in [0, 0.05) is 6.04 Å². The first kappa shape index (κ1) is 17.6. The highest BCUT2D eigenvalue weighted by atomic mass is 32.2. The van der Waals surface area contributed by atoms with Gasteiger partial charge in [-0.2, -0.15) is 0 Å². The van der Waals surface area contributed by atoms with Gasteiger partial charge in [0.15, 0.2) is 0 Å². The Balaban J connectivity index is 2.11. The maximum absolute atomic E-state index is 12.5. The van der Waals surface area contributed by atoms with E-state index < -0.39 is 17.0 Å². The number of fused-ring (bicyclic) bond motifs is 2. The summed E-state index contributed by atoms with van der Waals surface area (Å²) in [5.74, 6) is 0.415. The van der Waals surface area contributed by atoms with Gasteiger partial charge in [-0.15, -0.1) is 0 Å². The van der Waals surface area contributed by atoms with Gasteiger partial charge in [0.05, 0.1) is 12.3 Å². The molecule has 0 radical (unpaired) electrons. The molecule has 5 nitrogen and oxygen atoms in total. The average molecular weight is 328 g/mol. The number of rotatable bonds is 2. The van der Waals surface area contributed by atoms with Crippen LogP contribution in [0.4, 0.5) is 4.79 Å². The van der Waals surface area contributed by atoms with E-state index >= 15 is 0 Å². The van der Waals surface area contributed by atoms with Gasteiger partial charge in [-0.1, -0.05) is 4.40 Å². The van der Waals surface area contributed by atoms with E-state index in [0.29, 0.717) is 5.92 Å². The molecular weight excluding hydrogens is 300 g/mol. The molecule has 22 heavy (non-hydrogen) atoms. The summed E-state index contributed by atoms with van der Waals surface area (Å²) >= 11 is -1.29. The Morgan fingerprint density at radius 3 is 2.45 bits per heavy atom. The van der Waals surface area contributed by atoms with E-state index in [4.69, 9.17) is 4.74 Å². The van der Waals surface area contributed by atoms with Crippen LogP contribution in [-0.2, 0) is 16.1 Å². The monoisotopic (exact) mass is 328 g/mol. The van der Waals surface area contributed by atoms with Gasteiger partial charge >= 0.3 is 6.09 Å². The number of amides is 1. The van der Waals surface area contributed by atoms with Crippen molar-refractivity contribution >= 4 is 23.7 Å². The van der Waals surface area contributed by atoms with Crippen molar-refractivity contribution in [2.75, 3.05) is 0 Å². The Morgan fingerprint density at radius 1 is 1.27 bits per heavy atom. The molecule has 0 spiro atoms. The van der Waals surface area contributed by atoms with Crippen molar-refractivity contribution in [2.45, 2.75) is 83.2 Å². The Hall–Kier alpha value is -0.750. The van der Waals surface area contributed by atoms with E-state index in [9.17, 15) is 9.35 Å². The number of carbonyl (C=O) groups excluding carboxylic acids is 1. The molecule has 0 aromatic rings. The van der Waals surface area contributed by atoms with Crippen molar-refractivity contribution in [3.05, 3.63) is 0 Å². The highest BCUT2D eigenvalue weighted by Crippen LogP contribution is 2.42. The minimum absolute atomic E-state index is 0.0834. The Kier molecular flexibility index (Phi) is 4.83. The molecule has 2 fully saturated rings. The number of piperidine rings is 1. The number of hydrogen-bond acceptors (Lipinski definition) is 4. The molecule has 4 atom stereocenters. The summed E-state index contributed by atoms with van der Waals surface area (Å²) in [6, 6.07) is 0.152. The number of likely N-dealkylation sites (tertiary alicyclic amines) is 1. The molecule has 1 amide bonds. The van der Waals surface area contributed by atoms with Crippen LogP contribution in [0.1, 0.15) is 60.8 Å². The first-order valence-corrected chi connectivity index (χ1v) is 9.07. The number of carbonyl (C=O) groups is 1. The maximum Gasteiger partial charge on any atom is 0.411 e. The van der Waals surface area contributed by atoms with Gasteiger partial charge in [0.1, 0.15) is 21.7 Å². The first-order chi connectivity index (χ1) is 9.99. The summed E-state index contributed by atoms with van der Waals surface area (Å²) in [4.78, 5) is 14.3. The number of hydrogen-bond donors (Lipinski definition) is 0. The van der Waals surface area contributed by atoms with Crippen molar-refractivity contribution in [1.82, 2.24) is 4.90 Å². The Labute approximate surface area is 136 Å². The van der Waals surface area contributed by atoms with E-state index in [1.54, 1.807) is 6.21 Å². The molecule has 1 saturated heterocycles. The van der Waals surface area contributed by atoms with Gasteiger partial charge in [-0.3, -0.25) is 4.90 Å². The van der Waals surface area contributed by atoms with E-state index in [0.717, 1.165) is 19.3 Å². The Morgan fingerprint density at radius 2 is 1.91 bits per heavy atom. The molecule has 1 aliphatic carbocycles. The zero-order chi connectivity index (χ0) is 16.7. The Bertz CT molecular complexity index is 453. The lowest BCUT2D eigenvalue weighted by Crippen LogP contribution is -2.48. The fourth-order valence-electron chi connectivity index (χ4n) is 3.08. The van der Waals surface area contributed by atoms with Gasteiger partial charge in [-0.25, -0.2) is 4.79 Å². The second kappa shape index (κ2) is 6.04. The molecule has 0 aromatic carbocycles. The van der Waals surface area contributed by atoms with Crippen molar-refractivity contribution in [2.24, 2.45) is 10.3 Å². The quantitative estimate of drug-likeness (QED) is 0.577. The summed E-state index contributed by atoms with van der Waals surface area (Å²) in [5.41, 5.74) is -0.505. The maximum atomic E-state index is 12.5. The second-order valence-electron chi connectivity index (χ2n) is 8.22. The van der Waals surface area contributed by atoms with Crippen molar-refractivity contribution < 1.29 is 14.1 Å². The van der Waals surface area contributed by atoms with Crippen LogP contribution >= 0.6 is 0 Å². The van der Waals surface area contributed by atoms with Crippen LogP contribution in [0.25, 0.3) is 0 Å². The standard InChI is InChI=1S/C16H28N2O3S/c1-15(2,3)21-14(19)18-12-8-7-11(9-12)13(18)10-17-22(20)16(4,5)6/h10-13H,7-9H2,1-6H3/b17-10+. The molecule has 2 aliphatic rings. The summed E-state index contributed by atoms with van der Waals surface area (Å²) in [6.07, 6.45) is 4.56. The van der Waals surface area contributed by atoms with Gasteiger partial charge in [0.2, 0.25) is 0 Å². The molecule has 1 aliphatic heterocycles. The smallest absolute Gasteiger partial charge is 0.411 e. The molecule has 6 heteroatoms. The number of nitrogens with zero attached hydrogens (tertiary/aromatic N) is 2. The van der Waals surface area contributed by atoms with Gasteiger partial charge in [-0.05, 0) is 66.7 Å². The van der Waals surface area contributed by atoms with Crippen molar-refractivity contribution in [1.29, 1.82) is 0 Å². The molecule has 1 saturated carbocycles. The third-order valence-corrected chi connectivity index (χ3v) is 5.44. The van der Waals surface area contributed by atoms with Crippen LogP contribution in [-0.4, -0.2) is 44.2 Å². The molecule has 2 bridgehead atoms. The number of ether oxygens (including phenoxy) is 1. The molecular formula is C16H28N2O3S. The average Bonchev–Trinajstić information content (AvgIpc) is 2.92. The van der Waals surface area contributed by atoms with Crippen LogP contribution in [0.2, 0.25) is 0 Å². The van der Waals surface area contributed by atoms with Gasteiger partial charge < -0.3 is 9.29 Å². The molecule has 1 heterocycles. The van der Waals surface area contributed by atoms with Crippen LogP contribution in [0.3, 0.4) is 0 Å². The lowest BCUT2D eigenvalue weighted by atomic mass is 10.0. The van der Waals surface area contributed by atoms with Crippen molar-refractivity contribution in [3.8, 4) is 0 Å². The van der Waals surface area contributed by atoms with E-state index in [2.05, 4.69) is 4.40 Å². The van der Waals surface area contributed by atoms with Crippen LogP contribution in [0, 0.1) is 5.92 Å². The van der Waals surface area contributed by atoms with Crippen molar-refractivity contribution in [3.63, 3.8) is 0 Å². The highest BCUT2D eigenvalue weighted by molar-refractivity contribution is 7.91. The summed E-state index contributed by atoms with van der Waals surface area (Å²) in [5, 5.41) is 0. The highest BCUT2D eigenvalue weighted by Gasteiger charge is 2.49. The largest absolute Gasteiger partial charge is 0.591 e. The predicted octanol–water partition coefficient (Wildman–Crippen LogP) is 3.31. The summed E-state index contributed by atoms with van der Waals surface area (Å²) in [6.45, 7) is 11.3. The summed E-state index contributed by atoms with van der Waals surface area (Å²) < 4.78 is 21.5. The van der Waals surface area contributed by atoms with E-state index in [-0.39, 0.29) is 22.9 Å². The minimum atomic E-state index is -1.29. The zero-order valence-electron chi connectivity index (χ0n) is 14.5. The molecule has 126 valence electrons. The molecule has 4 unspecified atom stereocenters. The van der Waals surface area contributed by atoms with Crippen LogP contribution < -0.4 is 0 Å². The van der Waals surface area contributed by atoms with Crippen LogP contribution in [0.5, 0.6) is 0 Å². The van der Waals surface area contributed by atoms with E-state index in [1.807, 2.05) is 46.4 Å². The normalized spacial score (nSPS) is 30.1. The SMILES string of the molecule is CC(C)(C)OC(=O)N1C2CCC(C2)C1/C=N/[S+]([O-])C(C)(C)C. The summed E-state index contributed by atoms with van der Waals surface area (Å²) in [7, 11) is 0. The third-order valence-electron chi connectivity index (χ3n) is 4.08. The zero-order valence-corrected chi connectivity index (χ0v) is 15.3. The topological polar surface area (TPSA) is 65.0 Å². The fourth-order valence-corrected chi connectivity index (χ4v) is 3.63. The van der Waals surface area contributed by atoms with Gasteiger partial charge in [0.25, 0.3) is 0 Å². The lowest BCUT2D eigenvalue weighted by molar-refractivity contribution is 0.0147. The first-order valence-electron chi connectivity index (χ1n) is 7.96. The third kappa shape index (κ3) is 3.96. The molecule has 0 aromatic heterocycles. The predicted molar refractivity (Wildman–Crippen MR) is 89.4 cm³/mol. The van der Waals surface area contributed by atoms with E-state index in [1.165, 1.54) is 0 Å². The molecule has 0 N–H and O–H groups in total. The van der Waals surface area contributed by atoms with Crippen LogP contribution in [0.15, 0.2) is 4.40 Å². The minimum Gasteiger partial charge on any atom is -0.591 e. The molecule has 2 rings (SSSR count). The fraction of sp³-hybridized carbons (Fsp3) is 0.875. The lowest BCUT2D eigenvalue weighted by Gasteiger charge is -2.34.